The first-order valence-corrected chi connectivity index (χ1v) is 5.99. The van der Waals surface area contributed by atoms with Gasteiger partial charge < -0.3 is 20.7 Å². The molecule has 0 radical (unpaired) electrons. The highest BCUT2D eigenvalue weighted by Gasteiger charge is 2.17. The third-order valence-corrected chi connectivity index (χ3v) is 2.36. The van der Waals surface area contributed by atoms with Crippen LogP contribution in [0.4, 0.5) is 16.2 Å². The Hall–Kier alpha value is -2.24. The second kappa shape index (κ2) is 4.79. The zero-order chi connectivity index (χ0) is 14.0. The molecule has 0 aliphatic carbocycles. The lowest BCUT2D eigenvalue weighted by Gasteiger charge is -2.22. The Morgan fingerprint density at radius 2 is 2.11 bits per heavy atom. The molecule has 19 heavy (non-hydrogen) atoms. The van der Waals surface area contributed by atoms with Gasteiger partial charge in [-0.05, 0) is 39.0 Å². The van der Waals surface area contributed by atoms with Crippen molar-refractivity contribution in [3.8, 4) is 5.75 Å². The number of carbonyl (C=O) groups is 2. The first kappa shape index (κ1) is 13.2. The number of urea groups is 1. The summed E-state index contributed by atoms with van der Waals surface area (Å²) < 4.78 is 5.24. The van der Waals surface area contributed by atoms with E-state index >= 15 is 0 Å². The van der Waals surface area contributed by atoms with Gasteiger partial charge in [0.25, 0.3) is 5.91 Å². The quantitative estimate of drug-likeness (QED) is 0.724. The van der Waals surface area contributed by atoms with Crippen molar-refractivity contribution >= 4 is 23.3 Å². The average Bonchev–Trinajstić information content (AvgIpc) is 2.25. The molecule has 0 bridgehead atoms. The van der Waals surface area contributed by atoms with Crippen molar-refractivity contribution in [2.45, 2.75) is 26.3 Å². The minimum atomic E-state index is -0.310. The Bertz CT molecular complexity index is 520. The molecule has 0 saturated carbocycles. The molecule has 2 rings (SSSR count). The fourth-order valence-electron chi connectivity index (χ4n) is 1.66. The predicted octanol–water partition coefficient (Wildman–Crippen LogP) is 1.94. The van der Waals surface area contributed by atoms with E-state index in [2.05, 4.69) is 16.0 Å². The molecule has 1 heterocycles. The van der Waals surface area contributed by atoms with Crippen molar-refractivity contribution < 1.29 is 14.3 Å². The SMILES string of the molecule is CC(C)(C)NC(=O)Nc1ccc2c(c1)NC(=O)CO2. The van der Waals surface area contributed by atoms with E-state index in [9.17, 15) is 9.59 Å². The number of amides is 3. The number of fused-ring (bicyclic) bond motifs is 1. The predicted molar refractivity (Wildman–Crippen MR) is 72.5 cm³/mol. The molecule has 1 aliphatic rings. The fraction of sp³-hybridized carbons (Fsp3) is 0.385. The number of carbonyl (C=O) groups excluding carboxylic acids is 2. The largest absolute Gasteiger partial charge is 0.482 e. The smallest absolute Gasteiger partial charge is 0.319 e. The van der Waals surface area contributed by atoms with E-state index in [1.807, 2.05) is 20.8 Å². The number of anilines is 2. The molecule has 102 valence electrons. The van der Waals surface area contributed by atoms with Crippen LogP contribution in [0.3, 0.4) is 0 Å². The van der Waals surface area contributed by atoms with E-state index in [0.717, 1.165) is 0 Å². The Morgan fingerprint density at radius 3 is 2.79 bits per heavy atom. The van der Waals surface area contributed by atoms with Gasteiger partial charge in [-0.15, -0.1) is 0 Å². The van der Waals surface area contributed by atoms with Crippen LogP contribution in [0.1, 0.15) is 20.8 Å². The van der Waals surface area contributed by atoms with Crippen LogP contribution in [-0.2, 0) is 4.79 Å². The molecule has 0 spiro atoms. The molecule has 0 saturated heterocycles. The van der Waals surface area contributed by atoms with E-state index in [0.29, 0.717) is 17.1 Å². The molecule has 3 N–H and O–H groups in total. The zero-order valence-corrected chi connectivity index (χ0v) is 11.2. The number of rotatable bonds is 1. The normalized spacial score (nSPS) is 13.9. The maximum atomic E-state index is 11.7. The summed E-state index contributed by atoms with van der Waals surface area (Å²) in [5.74, 6) is 0.394. The summed E-state index contributed by atoms with van der Waals surface area (Å²) in [6.07, 6.45) is 0. The van der Waals surface area contributed by atoms with Gasteiger partial charge in [-0.1, -0.05) is 0 Å². The first-order chi connectivity index (χ1) is 8.83. The van der Waals surface area contributed by atoms with Crippen molar-refractivity contribution in [2.24, 2.45) is 0 Å². The molecule has 0 aromatic heterocycles. The highest BCUT2D eigenvalue weighted by Crippen LogP contribution is 2.30. The molecule has 6 heteroatoms. The zero-order valence-electron chi connectivity index (χ0n) is 11.2. The second-order valence-electron chi connectivity index (χ2n) is 5.38. The Kier molecular flexibility index (Phi) is 3.33. The van der Waals surface area contributed by atoms with Crippen LogP contribution < -0.4 is 20.7 Å². The Balaban J connectivity index is 2.08. The topological polar surface area (TPSA) is 79.5 Å². The molecular formula is C13H17N3O3. The molecule has 0 fully saturated rings. The average molecular weight is 263 g/mol. The van der Waals surface area contributed by atoms with Crippen LogP contribution in [0.25, 0.3) is 0 Å². The van der Waals surface area contributed by atoms with Gasteiger partial charge in [-0.2, -0.15) is 0 Å². The molecule has 1 aliphatic heterocycles. The molecule has 0 unspecified atom stereocenters. The minimum absolute atomic E-state index is 0.0181. The third kappa shape index (κ3) is 3.61. The monoisotopic (exact) mass is 263 g/mol. The molecule has 1 aromatic rings. The lowest BCUT2D eigenvalue weighted by atomic mass is 10.1. The molecule has 6 nitrogen and oxygen atoms in total. The van der Waals surface area contributed by atoms with Crippen molar-refractivity contribution in [3.05, 3.63) is 18.2 Å². The number of hydrogen-bond acceptors (Lipinski definition) is 3. The second-order valence-corrected chi connectivity index (χ2v) is 5.38. The number of benzene rings is 1. The van der Waals surface area contributed by atoms with Gasteiger partial charge in [0.2, 0.25) is 0 Å². The van der Waals surface area contributed by atoms with Crippen LogP contribution in [0.15, 0.2) is 18.2 Å². The number of nitrogens with one attached hydrogen (secondary N) is 3. The molecule has 0 atom stereocenters. The van der Waals surface area contributed by atoms with Crippen molar-refractivity contribution in [2.75, 3.05) is 17.2 Å². The van der Waals surface area contributed by atoms with Gasteiger partial charge in [-0.25, -0.2) is 4.79 Å². The summed E-state index contributed by atoms with van der Waals surface area (Å²) in [5.41, 5.74) is 0.839. The summed E-state index contributed by atoms with van der Waals surface area (Å²) >= 11 is 0. The lowest BCUT2D eigenvalue weighted by Crippen LogP contribution is -2.43. The summed E-state index contributed by atoms with van der Waals surface area (Å²) in [6.45, 7) is 5.71. The van der Waals surface area contributed by atoms with Crippen LogP contribution in [0, 0.1) is 0 Å². The lowest BCUT2D eigenvalue weighted by molar-refractivity contribution is -0.118. The van der Waals surface area contributed by atoms with Crippen LogP contribution in [0.2, 0.25) is 0 Å². The van der Waals surface area contributed by atoms with E-state index in [1.54, 1.807) is 18.2 Å². The molecule has 3 amide bonds. The van der Waals surface area contributed by atoms with Gasteiger partial charge in [0, 0.05) is 11.2 Å². The van der Waals surface area contributed by atoms with E-state index in [4.69, 9.17) is 4.74 Å². The summed E-state index contributed by atoms with van der Waals surface area (Å²) in [6, 6.07) is 4.80. The van der Waals surface area contributed by atoms with Gasteiger partial charge >= 0.3 is 6.03 Å². The summed E-state index contributed by atoms with van der Waals surface area (Å²) in [4.78, 5) is 22.9. The maximum absolute atomic E-state index is 11.7. The van der Waals surface area contributed by atoms with E-state index < -0.39 is 0 Å². The number of hydrogen-bond donors (Lipinski definition) is 3. The van der Waals surface area contributed by atoms with Crippen molar-refractivity contribution in [3.63, 3.8) is 0 Å². The van der Waals surface area contributed by atoms with Gasteiger partial charge in [0.15, 0.2) is 6.61 Å². The van der Waals surface area contributed by atoms with E-state index in [-0.39, 0.29) is 24.1 Å². The highest BCUT2D eigenvalue weighted by atomic mass is 16.5. The van der Waals surface area contributed by atoms with Gasteiger partial charge in [0.05, 0.1) is 5.69 Å². The van der Waals surface area contributed by atoms with Crippen molar-refractivity contribution in [1.29, 1.82) is 0 Å². The highest BCUT2D eigenvalue weighted by molar-refractivity contribution is 5.97. The fourth-order valence-corrected chi connectivity index (χ4v) is 1.66. The molecule has 1 aromatic carbocycles. The third-order valence-electron chi connectivity index (χ3n) is 2.36. The minimum Gasteiger partial charge on any atom is -0.482 e. The van der Waals surface area contributed by atoms with Crippen LogP contribution >= 0.6 is 0 Å². The van der Waals surface area contributed by atoms with Gasteiger partial charge in [-0.3, -0.25) is 4.79 Å². The molecular weight excluding hydrogens is 246 g/mol. The maximum Gasteiger partial charge on any atom is 0.319 e. The Morgan fingerprint density at radius 1 is 1.37 bits per heavy atom. The Labute approximate surface area is 111 Å². The summed E-state index contributed by atoms with van der Waals surface area (Å²) in [5, 5.41) is 8.18. The number of ether oxygens (including phenoxy) is 1. The van der Waals surface area contributed by atoms with Gasteiger partial charge in [0.1, 0.15) is 5.75 Å². The van der Waals surface area contributed by atoms with E-state index in [1.165, 1.54) is 0 Å². The summed E-state index contributed by atoms with van der Waals surface area (Å²) in [7, 11) is 0. The van der Waals surface area contributed by atoms with Crippen LogP contribution in [-0.4, -0.2) is 24.1 Å². The first-order valence-electron chi connectivity index (χ1n) is 5.99. The standard InChI is InChI=1S/C13H17N3O3/c1-13(2,3)16-12(18)14-8-4-5-10-9(6-8)15-11(17)7-19-10/h4-6H,7H2,1-3H3,(H,15,17)(H2,14,16,18). The van der Waals surface area contributed by atoms with Crippen molar-refractivity contribution in [1.82, 2.24) is 5.32 Å². The van der Waals surface area contributed by atoms with Crippen LogP contribution in [0.5, 0.6) is 5.75 Å².